The van der Waals surface area contributed by atoms with Crippen molar-refractivity contribution in [3.63, 3.8) is 0 Å². The molecule has 52 valence electrons. The molecular weight excluding hydrogens is 130 g/mol. The highest BCUT2D eigenvalue weighted by Crippen LogP contribution is 2.26. The minimum atomic E-state index is -2.70. The quantitative estimate of drug-likeness (QED) is 0.504. The highest BCUT2D eigenvalue weighted by molar-refractivity contribution is 4.78. The smallest absolute Gasteiger partial charge is 0.255 e. The van der Waals surface area contributed by atoms with Crippen molar-refractivity contribution < 1.29 is 8.78 Å². The van der Waals surface area contributed by atoms with Gasteiger partial charge in [0.2, 0.25) is 0 Å². The first kappa shape index (κ1) is 6.38. The fourth-order valence-electron chi connectivity index (χ4n) is 0.787. The first-order valence-electron chi connectivity index (χ1n) is 2.60. The lowest BCUT2D eigenvalue weighted by Gasteiger charge is -2.05. The van der Waals surface area contributed by atoms with Crippen LogP contribution >= 0.6 is 0 Å². The van der Waals surface area contributed by atoms with Crippen LogP contribution in [0.4, 0.5) is 8.78 Å². The van der Waals surface area contributed by atoms with Crippen LogP contribution < -0.4 is 0 Å². The second-order valence-electron chi connectivity index (χ2n) is 2.08. The van der Waals surface area contributed by atoms with Gasteiger partial charge in [-0.15, -0.1) is 4.91 Å². The summed E-state index contributed by atoms with van der Waals surface area (Å²) in [5, 5.41) is 3.22. The molecule has 0 spiro atoms. The van der Waals surface area contributed by atoms with Crippen LogP contribution in [-0.4, -0.2) is 24.0 Å². The molecule has 0 aromatic carbocycles. The molecule has 1 aliphatic rings. The number of hydrogen-bond donors (Lipinski definition) is 0. The van der Waals surface area contributed by atoms with Crippen LogP contribution in [0.3, 0.4) is 0 Å². The molecule has 1 aliphatic heterocycles. The zero-order valence-corrected chi connectivity index (χ0v) is 4.68. The van der Waals surface area contributed by atoms with Crippen molar-refractivity contribution >= 4 is 0 Å². The molecule has 1 saturated heterocycles. The second kappa shape index (κ2) is 1.89. The summed E-state index contributed by atoms with van der Waals surface area (Å²) in [6.07, 6.45) is -0.251. The topological polar surface area (TPSA) is 32.7 Å². The van der Waals surface area contributed by atoms with Gasteiger partial charge in [-0.05, 0) is 0 Å². The van der Waals surface area contributed by atoms with E-state index >= 15 is 0 Å². The van der Waals surface area contributed by atoms with Crippen molar-refractivity contribution in [3.8, 4) is 0 Å². The Hall–Kier alpha value is -0.740. The highest BCUT2D eigenvalue weighted by Gasteiger charge is 2.38. The Balaban J connectivity index is 2.47. The van der Waals surface area contributed by atoms with Crippen LogP contribution in [0.2, 0.25) is 0 Å². The van der Waals surface area contributed by atoms with Crippen molar-refractivity contribution in [2.24, 2.45) is 5.29 Å². The third-order valence-corrected chi connectivity index (χ3v) is 1.26. The van der Waals surface area contributed by atoms with E-state index in [1.807, 2.05) is 0 Å². The summed E-state index contributed by atoms with van der Waals surface area (Å²) < 4.78 is 24.3. The monoisotopic (exact) mass is 136 g/mol. The summed E-state index contributed by atoms with van der Waals surface area (Å²) >= 11 is 0. The van der Waals surface area contributed by atoms with Crippen LogP contribution in [0.15, 0.2) is 5.29 Å². The molecule has 9 heavy (non-hydrogen) atoms. The van der Waals surface area contributed by atoms with E-state index in [0.717, 1.165) is 5.01 Å². The Morgan fingerprint density at radius 1 is 1.56 bits per heavy atom. The molecule has 3 nitrogen and oxygen atoms in total. The van der Waals surface area contributed by atoms with Gasteiger partial charge in [0, 0.05) is 13.0 Å². The number of alkyl halides is 2. The molecule has 0 aromatic heterocycles. The van der Waals surface area contributed by atoms with Crippen LogP contribution in [0.25, 0.3) is 0 Å². The van der Waals surface area contributed by atoms with Crippen molar-refractivity contribution in [2.75, 3.05) is 13.1 Å². The molecule has 0 atom stereocenters. The minimum absolute atomic E-state index is 0.0799. The fourth-order valence-corrected chi connectivity index (χ4v) is 0.787. The van der Waals surface area contributed by atoms with Crippen molar-refractivity contribution in [1.82, 2.24) is 5.01 Å². The normalized spacial score (nSPS) is 24.4. The second-order valence-corrected chi connectivity index (χ2v) is 2.08. The standard InChI is InChI=1S/C4H6F2N2O/c5-4(6)1-2-8(3-4)7-9/h1-3H2. The van der Waals surface area contributed by atoms with E-state index < -0.39 is 12.5 Å². The molecule has 1 rings (SSSR count). The maximum atomic E-state index is 12.1. The Morgan fingerprint density at radius 2 is 2.22 bits per heavy atom. The van der Waals surface area contributed by atoms with Gasteiger partial charge >= 0.3 is 0 Å². The van der Waals surface area contributed by atoms with Gasteiger partial charge in [0.25, 0.3) is 5.92 Å². The molecule has 1 fully saturated rings. The van der Waals surface area contributed by atoms with Crippen molar-refractivity contribution in [2.45, 2.75) is 12.3 Å². The third-order valence-electron chi connectivity index (χ3n) is 1.26. The van der Waals surface area contributed by atoms with Gasteiger partial charge in [0.05, 0.1) is 5.29 Å². The zero-order chi connectivity index (χ0) is 6.91. The van der Waals surface area contributed by atoms with Crippen molar-refractivity contribution in [3.05, 3.63) is 4.91 Å². The Bertz CT molecular complexity index is 128. The van der Waals surface area contributed by atoms with Crippen LogP contribution in [0, 0.1) is 4.91 Å². The Labute approximate surface area is 50.6 Å². The maximum absolute atomic E-state index is 12.1. The zero-order valence-electron chi connectivity index (χ0n) is 4.68. The van der Waals surface area contributed by atoms with Crippen molar-refractivity contribution in [1.29, 1.82) is 0 Å². The molecule has 1 heterocycles. The van der Waals surface area contributed by atoms with E-state index in [-0.39, 0.29) is 13.0 Å². The minimum Gasteiger partial charge on any atom is -0.255 e. The lowest BCUT2D eigenvalue weighted by atomic mass is 10.3. The summed E-state index contributed by atoms with van der Waals surface area (Å²) in [5.41, 5.74) is 0. The Morgan fingerprint density at radius 3 is 2.44 bits per heavy atom. The fraction of sp³-hybridized carbons (Fsp3) is 1.00. The molecule has 0 radical (unpaired) electrons. The summed E-state index contributed by atoms with van der Waals surface area (Å²) in [4.78, 5) is 9.64. The van der Waals surface area contributed by atoms with E-state index in [1.54, 1.807) is 0 Å². The van der Waals surface area contributed by atoms with Gasteiger partial charge in [0.15, 0.2) is 0 Å². The molecule has 0 aliphatic carbocycles. The first-order chi connectivity index (χ1) is 4.14. The first-order valence-corrected chi connectivity index (χ1v) is 2.60. The summed E-state index contributed by atoms with van der Waals surface area (Å²) in [6, 6.07) is 0. The van der Waals surface area contributed by atoms with Gasteiger partial charge < -0.3 is 0 Å². The lowest BCUT2D eigenvalue weighted by Crippen LogP contribution is -2.20. The van der Waals surface area contributed by atoms with E-state index in [0.29, 0.717) is 0 Å². The lowest BCUT2D eigenvalue weighted by molar-refractivity contribution is 0.0123. The van der Waals surface area contributed by atoms with Gasteiger partial charge in [-0.3, -0.25) is 5.01 Å². The average Bonchev–Trinajstić information content (AvgIpc) is 2.10. The van der Waals surface area contributed by atoms with E-state index in [4.69, 9.17) is 0 Å². The predicted molar refractivity (Wildman–Crippen MR) is 26.9 cm³/mol. The van der Waals surface area contributed by atoms with Gasteiger partial charge in [-0.25, -0.2) is 8.78 Å². The molecule has 5 heteroatoms. The van der Waals surface area contributed by atoms with Crippen LogP contribution in [0.5, 0.6) is 0 Å². The van der Waals surface area contributed by atoms with E-state index in [1.165, 1.54) is 0 Å². The maximum Gasteiger partial charge on any atom is 0.268 e. The summed E-state index contributed by atoms with van der Waals surface area (Å²) in [6.45, 7) is -0.438. The van der Waals surface area contributed by atoms with E-state index in [9.17, 15) is 13.7 Å². The average molecular weight is 136 g/mol. The predicted octanol–water partition coefficient (Wildman–Crippen LogP) is 1.01. The van der Waals surface area contributed by atoms with E-state index in [2.05, 4.69) is 5.29 Å². The molecule has 0 amide bonds. The number of nitroso groups, excluding NO2 is 1. The molecule has 0 N–H and O–H groups in total. The summed E-state index contributed by atoms with van der Waals surface area (Å²) in [5.74, 6) is -2.70. The number of nitrogens with zero attached hydrogens (tertiary/aromatic N) is 2. The largest absolute Gasteiger partial charge is 0.268 e. The number of hydrogen-bond acceptors (Lipinski definition) is 2. The molecule has 0 unspecified atom stereocenters. The van der Waals surface area contributed by atoms with Gasteiger partial charge in [-0.2, -0.15) is 0 Å². The molecule has 0 saturated carbocycles. The third kappa shape index (κ3) is 1.34. The Kier molecular flexibility index (Phi) is 1.34. The highest BCUT2D eigenvalue weighted by atomic mass is 19.3. The molecular formula is C4H6F2N2O. The van der Waals surface area contributed by atoms with Gasteiger partial charge in [-0.1, -0.05) is 0 Å². The summed E-state index contributed by atoms with van der Waals surface area (Å²) in [7, 11) is 0. The molecule has 0 aromatic rings. The van der Waals surface area contributed by atoms with Crippen LogP contribution in [-0.2, 0) is 0 Å². The number of halogens is 2. The van der Waals surface area contributed by atoms with Crippen LogP contribution in [0.1, 0.15) is 6.42 Å². The number of rotatable bonds is 1. The van der Waals surface area contributed by atoms with Gasteiger partial charge in [0.1, 0.15) is 6.54 Å². The molecule has 0 bridgehead atoms. The SMILES string of the molecule is O=NN1CCC(F)(F)C1.